The molecule has 0 spiro atoms. The zero-order chi connectivity index (χ0) is 19.5. The van der Waals surface area contributed by atoms with Crippen molar-refractivity contribution < 1.29 is 40.3 Å². The fourth-order valence-corrected chi connectivity index (χ4v) is 2.41. The Morgan fingerprint density at radius 3 is 2.04 bits per heavy atom. The third-order valence-corrected chi connectivity index (χ3v) is 3.80. The molecular weight excluding hydrogens is 388 g/mol. The fraction of sp³-hybridized carbons (Fsp3) is 0.200. The number of thioether (sulfide) groups is 1. The van der Waals surface area contributed by atoms with Crippen molar-refractivity contribution in [3.05, 3.63) is 53.5 Å². The van der Waals surface area contributed by atoms with E-state index in [9.17, 15) is 35.9 Å². The molecule has 0 bridgehead atoms. The number of carbonyl (C=O) groups excluding carboxylic acids is 2. The van der Waals surface area contributed by atoms with Gasteiger partial charge in [0, 0.05) is 5.69 Å². The molecule has 2 aromatic rings. The van der Waals surface area contributed by atoms with Gasteiger partial charge in [-0.1, -0.05) is 11.8 Å². The summed E-state index contributed by atoms with van der Waals surface area (Å²) in [7, 11) is 0. The van der Waals surface area contributed by atoms with Crippen molar-refractivity contribution in [1.29, 1.82) is 0 Å². The molecule has 1 aromatic carbocycles. The van der Waals surface area contributed by atoms with Crippen LogP contribution in [0.1, 0.15) is 21.7 Å². The van der Waals surface area contributed by atoms with Crippen molar-refractivity contribution in [2.75, 3.05) is 11.1 Å². The molecule has 2 rings (SSSR count). The van der Waals surface area contributed by atoms with E-state index in [0.717, 1.165) is 0 Å². The molecule has 1 amide bonds. The van der Waals surface area contributed by atoms with Crippen LogP contribution in [-0.2, 0) is 17.1 Å². The zero-order valence-electron chi connectivity index (χ0n) is 12.6. The summed E-state index contributed by atoms with van der Waals surface area (Å²) < 4.78 is 81.3. The van der Waals surface area contributed by atoms with E-state index in [0.29, 0.717) is 23.9 Å². The number of alkyl halides is 6. The van der Waals surface area contributed by atoms with Gasteiger partial charge in [-0.25, -0.2) is 0 Å². The number of anilines is 1. The molecule has 140 valence electrons. The molecule has 1 aromatic heterocycles. The quantitative estimate of drug-likeness (QED) is 0.751. The molecule has 11 heteroatoms. The van der Waals surface area contributed by atoms with Gasteiger partial charge in [0.1, 0.15) is 0 Å². The Morgan fingerprint density at radius 1 is 1.00 bits per heavy atom. The second kappa shape index (κ2) is 7.44. The SMILES string of the molecule is O=C(CSC(=O)c1ccco1)Nc1cc(C(F)(F)F)cc(C(F)(F)F)c1. The van der Waals surface area contributed by atoms with Gasteiger partial charge in [-0.2, -0.15) is 26.3 Å². The van der Waals surface area contributed by atoms with E-state index in [1.165, 1.54) is 18.4 Å². The van der Waals surface area contributed by atoms with E-state index in [4.69, 9.17) is 4.42 Å². The molecule has 0 aliphatic heterocycles. The summed E-state index contributed by atoms with van der Waals surface area (Å²) in [5, 5.41) is 1.32. The zero-order valence-corrected chi connectivity index (χ0v) is 13.4. The van der Waals surface area contributed by atoms with E-state index >= 15 is 0 Å². The minimum absolute atomic E-state index is 0.0405. The lowest BCUT2D eigenvalue weighted by atomic mass is 10.1. The van der Waals surface area contributed by atoms with E-state index < -0.39 is 45.9 Å². The first-order valence-corrected chi connectivity index (χ1v) is 7.75. The van der Waals surface area contributed by atoms with Crippen LogP contribution in [0.25, 0.3) is 0 Å². The second-order valence-electron chi connectivity index (χ2n) is 4.90. The van der Waals surface area contributed by atoms with Crippen molar-refractivity contribution in [2.45, 2.75) is 12.4 Å². The highest BCUT2D eigenvalue weighted by Gasteiger charge is 2.37. The number of hydrogen-bond acceptors (Lipinski definition) is 4. The molecule has 4 nitrogen and oxygen atoms in total. The summed E-state index contributed by atoms with van der Waals surface area (Å²) in [6.45, 7) is 0. The third kappa shape index (κ3) is 5.28. The van der Waals surface area contributed by atoms with Crippen LogP contribution in [0.15, 0.2) is 41.0 Å². The highest BCUT2D eigenvalue weighted by atomic mass is 32.2. The topological polar surface area (TPSA) is 59.3 Å². The Labute approximate surface area is 146 Å². The van der Waals surface area contributed by atoms with Gasteiger partial charge in [-0.05, 0) is 30.3 Å². The number of benzene rings is 1. The Bertz CT molecular complexity index is 766. The van der Waals surface area contributed by atoms with Crippen molar-refractivity contribution in [3.8, 4) is 0 Å². The molecule has 0 radical (unpaired) electrons. The lowest BCUT2D eigenvalue weighted by molar-refractivity contribution is -0.143. The highest BCUT2D eigenvalue weighted by Crippen LogP contribution is 2.37. The molecule has 0 fully saturated rings. The molecule has 0 aliphatic carbocycles. The number of furan rings is 1. The summed E-state index contributed by atoms with van der Waals surface area (Å²) >= 11 is 0.492. The smallest absolute Gasteiger partial charge is 0.416 e. The Balaban J connectivity index is 2.12. The van der Waals surface area contributed by atoms with E-state index in [2.05, 4.69) is 0 Å². The average molecular weight is 397 g/mol. The molecule has 1 N–H and O–H groups in total. The van der Waals surface area contributed by atoms with Gasteiger partial charge in [0.15, 0.2) is 5.76 Å². The molecule has 0 saturated carbocycles. The van der Waals surface area contributed by atoms with E-state index in [1.54, 1.807) is 0 Å². The normalized spacial score (nSPS) is 12.1. The average Bonchev–Trinajstić information content (AvgIpc) is 3.05. The van der Waals surface area contributed by atoms with Crippen molar-refractivity contribution in [3.63, 3.8) is 0 Å². The molecule has 0 unspecified atom stereocenters. The minimum atomic E-state index is -5.02. The van der Waals surface area contributed by atoms with Gasteiger partial charge in [0.25, 0.3) is 5.12 Å². The molecule has 1 heterocycles. The Morgan fingerprint density at radius 2 is 1.58 bits per heavy atom. The summed E-state index contributed by atoms with van der Waals surface area (Å²) in [4.78, 5) is 23.4. The molecular formula is C15H9F6NO3S. The fourth-order valence-electron chi connectivity index (χ4n) is 1.82. The van der Waals surface area contributed by atoms with Crippen LogP contribution in [0.2, 0.25) is 0 Å². The maximum absolute atomic E-state index is 12.7. The Hall–Kier alpha value is -2.43. The maximum atomic E-state index is 12.7. The number of carbonyl (C=O) groups is 2. The van der Waals surface area contributed by atoms with Crippen LogP contribution in [0.3, 0.4) is 0 Å². The van der Waals surface area contributed by atoms with E-state index in [-0.39, 0.29) is 11.8 Å². The summed E-state index contributed by atoms with van der Waals surface area (Å²) in [5.74, 6) is -1.50. The first-order chi connectivity index (χ1) is 12.0. The molecule has 26 heavy (non-hydrogen) atoms. The molecule has 0 saturated heterocycles. The lowest BCUT2D eigenvalue weighted by Crippen LogP contribution is -2.17. The first-order valence-electron chi connectivity index (χ1n) is 6.77. The molecule has 0 atom stereocenters. The maximum Gasteiger partial charge on any atom is 0.416 e. The van der Waals surface area contributed by atoms with Crippen LogP contribution in [0.5, 0.6) is 0 Å². The summed E-state index contributed by atoms with van der Waals surface area (Å²) in [5.41, 5.74) is -3.79. The van der Waals surface area contributed by atoms with E-state index in [1.807, 2.05) is 5.32 Å². The predicted octanol–water partition coefficient (Wildman–Crippen LogP) is 4.83. The van der Waals surface area contributed by atoms with Crippen LogP contribution in [-0.4, -0.2) is 16.8 Å². The van der Waals surface area contributed by atoms with Gasteiger partial charge in [0.05, 0.1) is 23.1 Å². The van der Waals surface area contributed by atoms with Crippen molar-refractivity contribution in [1.82, 2.24) is 0 Å². The van der Waals surface area contributed by atoms with Crippen LogP contribution in [0.4, 0.5) is 32.0 Å². The van der Waals surface area contributed by atoms with Gasteiger partial charge in [0.2, 0.25) is 5.91 Å². The highest BCUT2D eigenvalue weighted by molar-refractivity contribution is 8.14. The monoisotopic (exact) mass is 397 g/mol. The van der Waals surface area contributed by atoms with Crippen LogP contribution < -0.4 is 5.32 Å². The van der Waals surface area contributed by atoms with Gasteiger partial charge in [-0.15, -0.1) is 0 Å². The number of halogens is 6. The minimum Gasteiger partial charge on any atom is -0.460 e. The summed E-state index contributed by atoms with van der Waals surface area (Å²) in [6.07, 6.45) is -8.81. The molecule has 0 aliphatic rings. The van der Waals surface area contributed by atoms with Gasteiger partial charge >= 0.3 is 12.4 Å². The third-order valence-electron chi connectivity index (χ3n) is 2.93. The number of hydrogen-bond donors (Lipinski definition) is 1. The van der Waals surface area contributed by atoms with Gasteiger partial charge in [-0.3, -0.25) is 9.59 Å². The second-order valence-corrected chi connectivity index (χ2v) is 5.84. The largest absolute Gasteiger partial charge is 0.460 e. The van der Waals surface area contributed by atoms with Crippen LogP contribution >= 0.6 is 11.8 Å². The Kier molecular flexibility index (Phi) is 5.69. The van der Waals surface area contributed by atoms with Crippen molar-refractivity contribution >= 4 is 28.5 Å². The lowest BCUT2D eigenvalue weighted by Gasteiger charge is -2.14. The van der Waals surface area contributed by atoms with Crippen molar-refractivity contribution in [2.24, 2.45) is 0 Å². The van der Waals surface area contributed by atoms with Gasteiger partial charge < -0.3 is 9.73 Å². The number of nitrogens with one attached hydrogen (secondary N) is 1. The van der Waals surface area contributed by atoms with Crippen LogP contribution in [0, 0.1) is 0 Å². The first kappa shape index (κ1) is 19.9. The standard InChI is InChI=1S/C15H9F6NO3S/c16-14(17,18)8-4-9(15(19,20)21)6-10(5-8)22-12(23)7-26-13(24)11-2-1-3-25-11/h1-6H,7H2,(H,22,23). The summed E-state index contributed by atoms with van der Waals surface area (Å²) in [6, 6.07) is 3.49. The predicted molar refractivity (Wildman–Crippen MR) is 80.6 cm³/mol. The number of amides is 1. The number of rotatable bonds is 4.